The SMILES string of the molecule is CCCC1CCCCCCC2=NC(=Cc3[nH]c(-c4ccc[nH]4)cc3OC)C1=C2. The minimum absolute atomic E-state index is 0.611. The Kier molecular flexibility index (Phi) is 5.84. The summed E-state index contributed by atoms with van der Waals surface area (Å²) in [5.41, 5.74) is 6.88. The van der Waals surface area contributed by atoms with Crippen molar-refractivity contribution in [2.24, 2.45) is 10.9 Å². The number of allylic oxidation sites excluding steroid dienone is 2. The second-order valence-corrected chi connectivity index (χ2v) is 7.92. The van der Waals surface area contributed by atoms with E-state index in [0.29, 0.717) is 5.92 Å². The molecule has 3 heterocycles. The largest absolute Gasteiger partial charge is 0.494 e. The van der Waals surface area contributed by atoms with Crippen molar-refractivity contribution < 1.29 is 4.74 Å². The second-order valence-electron chi connectivity index (χ2n) is 7.92. The summed E-state index contributed by atoms with van der Waals surface area (Å²) in [7, 11) is 1.73. The molecule has 0 fully saturated rings. The lowest BCUT2D eigenvalue weighted by Crippen LogP contribution is -2.06. The van der Waals surface area contributed by atoms with Crippen LogP contribution in [0.25, 0.3) is 17.5 Å². The fourth-order valence-corrected chi connectivity index (χ4v) is 4.44. The molecule has 1 aliphatic heterocycles. The zero-order valence-corrected chi connectivity index (χ0v) is 17.1. The number of aliphatic imine (C=N–C) groups is 1. The molecule has 2 N–H and O–H groups in total. The van der Waals surface area contributed by atoms with Gasteiger partial charge in [-0.15, -0.1) is 0 Å². The van der Waals surface area contributed by atoms with Crippen molar-refractivity contribution in [1.82, 2.24) is 9.97 Å². The van der Waals surface area contributed by atoms with E-state index in [4.69, 9.17) is 9.73 Å². The molecule has 2 aromatic heterocycles. The zero-order chi connectivity index (χ0) is 19.3. The van der Waals surface area contributed by atoms with Crippen LogP contribution in [0.1, 0.15) is 64.0 Å². The average Bonchev–Trinajstić information content (AvgIpc) is 3.43. The first kappa shape index (κ1) is 18.9. The van der Waals surface area contributed by atoms with Crippen LogP contribution in [-0.2, 0) is 0 Å². The smallest absolute Gasteiger partial charge is 0.144 e. The molecule has 0 radical (unpaired) electrons. The lowest BCUT2D eigenvalue weighted by atomic mass is 9.86. The van der Waals surface area contributed by atoms with Crippen LogP contribution in [0.2, 0.25) is 0 Å². The molecule has 4 rings (SSSR count). The molecular formula is C24H31N3O. The van der Waals surface area contributed by atoms with E-state index in [0.717, 1.165) is 34.9 Å². The fourth-order valence-electron chi connectivity index (χ4n) is 4.44. The Morgan fingerprint density at radius 1 is 1.21 bits per heavy atom. The highest BCUT2D eigenvalue weighted by Gasteiger charge is 2.24. The third-order valence-electron chi connectivity index (χ3n) is 5.89. The maximum absolute atomic E-state index is 5.65. The van der Waals surface area contributed by atoms with Crippen molar-refractivity contribution >= 4 is 11.8 Å². The van der Waals surface area contributed by atoms with Crippen molar-refractivity contribution in [2.75, 3.05) is 7.11 Å². The van der Waals surface area contributed by atoms with Crippen LogP contribution in [-0.4, -0.2) is 22.8 Å². The number of nitrogens with one attached hydrogen (secondary N) is 2. The van der Waals surface area contributed by atoms with Gasteiger partial charge in [-0.2, -0.15) is 0 Å². The molecule has 4 heteroatoms. The molecule has 0 saturated heterocycles. The van der Waals surface area contributed by atoms with E-state index in [1.54, 1.807) is 7.11 Å². The standard InChI is InChI=1S/C24H31N3O/c1-3-9-17-10-6-4-5-7-11-18-14-19(17)21(26-18)15-23-24(28-2)16-22(27-23)20-12-8-13-25-20/h8,12-17,25,27H,3-7,9-11H2,1-2H3. The number of ether oxygens (including phenoxy) is 1. The number of fused-ring (bicyclic) bond motifs is 1. The summed E-state index contributed by atoms with van der Waals surface area (Å²) in [5, 5.41) is 0. The van der Waals surface area contributed by atoms with E-state index in [9.17, 15) is 0 Å². The molecule has 1 atom stereocenters. The molecule has 0 spiro atoms. The molecule has 0 amide bonds. The fraction of sp³-hybridized carbons (Fsp3) is 0.458. The van der Waals surface area contributed by atoms with Crippen LogP contribution in [0.15, 0.2) is 46.7 Å². The van der Waals surface area contributed by atoms with Crippen molar-refractivity contribution in [2.45, 2.75) is 58.3 Å². The van der Waals surface area contributed by atoms with E-state index in [2.05, 4.69) is 41.2 Å². The van der Waals surface area contributed by atoms with E-state index in [1.807, 2.05) is 12.3 Å². The number of H-pyrrole nitrogens is 2. The highest BCUT2D eigenvalue weighted by Crippen LogP contribution is 2.37. The quantitative estimate of drug-likeness (QED) is 0.613. The molecule has 0 saturated carbocycles. The van der Waals surface area contributed by atoms with Gasteiger partial charge in [0.2, 0.25) is 0 Å². The van der Waals surface area contributed by atoms with Crippen LogP contribution in [0.5, 0.6) is 5.75 Å². The van der Waals surface area contributed by atoms with E-state index in [-0.39, 0.29) is 0 Å². The molecule has 2 aliphatic rings. The van der Waals surface area contributed by atoms with Crippen molar-refractivity contribution in [1.29, 1.82) is 0 Å². The van der Waals surface area contributed by atoms with Gasteiger partial charge in [0.25, 0.3) is 0 Å². The Labute approximate surface area is 167 Å². The van der Waals surface area contributed by atoms with Gasteiger partial charge in [0.15, 0.2) is 0 Å². The van der Waals surface area contributed by atoms with Gasteiger partial charge in [-0.3, -0.25) is 4.99 Å². The van der Waals surface area contributed by atoms with Crippen LogP contribution < -0.4 is 4.74 Å². The predicted molar refractivity (Wildman–Crippen MR) is 117 cm³/mol. The number of aromatic amines is 2. The summed E-state index contributed by atoms with van der Waals surface area (Å²) in [4.78, 5) is 11.8. The first-order valence-corrected chi connectivity index (χ1v) is 10.7. The molecule has 1 aliphatic carbocycles. The molecular weight excluding hydrogens is 346 g/mol. The first-order valence-electron chi connectivity index (χ1n) is 10.7. The minimum Gasteiger partial charge on any atom is -0.494 e. The lowest BCUT2D eigenvalue weighted by molar-refractivity contribution is 0.414. The summed E-state index contributed by atoms with van der Waals surface area (Å²) in [5.74, 6) is 1.47. The Morgan fingerprint density at radius 2 is 2.11 bits per heavy atom. The number of hydrogen-bond donors (Lipinski definition) is 2. The van der Waals surface area contributed by atoms with Crippen molar-refractivity contribution in [3.8, 4) is 17.1 Å². The van der Waals surface area contributed by atoms with Gasteiger partial charge >= 0.3 is 0 Å². The Hall–Kier alpha value is -2.49. The third kappa shape index (κ3) is 4.01. The maximum atomic E-state index is 5.65. The van der Waals surface area contributed by atoms with Gasteiger partial charge < -0.3 is 14.7 Å². The maximum Gasteiger partial charge on any atom is 0.144 e. The monoisotopic (exact) mass is 377 g/mol. The van der Waals surface area contributed by atoms with Crippen LogP contribution >= 0.6 is 0 Å². The summed E-state index contributed by atoms with van der Waals surface area (Å²) < 4.78 is 5.65. The predicted octanol–water partition coefficient (Wildman–Crippen LogP) is 6.51. The summed E-state index contributed by atoms with van der Waals surface area (Å²) in [6.07, 6.45) is 16.6. The topological polar surface area (TPSA) is 53.2 Å². The molecule has 4 nitrogen and oxygen atoms in total. The van der Waals surface area contributed by atoms with Gasteiger partial charge in [0.1, 0.15) is 5.75 Å². The number of hydrogen-bond acceptors (Lipinski definition) is 2. The van der Waals surface area contributed by atoms with E-state index >= 15 is 0 Å². The summed E-state index contributed by atoms with van der Waals surface area (Å²) in [6.45, 7) is 2.29. The van der Waals surface area contributed by atoms with Gasteiger partial charge in [0, 0.05) is 18.0 Å². The second kappa shape index (κ2) is 8.68. The van der Waals surface area contributed by atoms with Gasteiger partial charge in [-0.25, -0.2) is 0 Å². The highest BCUT2D eigenvalue weighted by atomic mass is 16.5. The van der Waals surface area contributed by atoms with Crippen LogP contribution in [0, 0.1) is 5.92 Å². The van der Waals surface area contributed by atoms with E-state index < -0.39 is 0 Å². The lowest BCUT2D eigenvalue weighted by Gasteiger charge is -2.19. The van der Waals surface area contributed by atoms with Crippen molar-refractivity contribution in [3.05, 3.63) is 47.4 Å². The number of nitrogens with zero attached hydrogens (tertiary/aromatic N) is 1. The zero-order valence-electron chi connectivity index (χ0n) is 17.1. The normalized spacial score (nSPS) is 21.5. The number of aromatic nitrogens is 2. The van der Waals surface area contributed by atoms with Gasteiger partial charge in [-0.1, -0.05) is 32.6 Å². The number of methoxy groups -OCH3 is 1. The van der Waals surface area contributed by atoms with Crippen LogP contribution in [0.4, 0.5) is 0 Å². The first-order chi connectivity index (χ1) is 13.8. The summed E-state index contributed by atoms with van der Waals surface area (Å²) >= 11 is 0. The van der Waals surface area contributed by atoms with Crippen LogP contribution in [0.3, 0.4) is 0 Å². The Morgan fingerprint density at radius 3 is 2.89 bits per heavy atom. The molecule has 148 valence electrons. The molecule has 1 unspecified atom stereocenters. The Bertz CT molecular complexity index is 883. The Balaban J connectivity index is 1.70. The van der Waals surface area contributed by atoms with Gasteiger partial charge in [-0.05, 0) is 61.5 Å². The third-order valence-corrected chi connectivity index (χ3v) is 5.89. The average molecular weight is 378 g/mol. The molecule has 0 aromatic carbocycles. The number of rotatable bonds is 5. The van der Waals surface area contributed by atoms with E-state index in [1.165, 1.54) is 56.2 Å². The van der Waals surface area contributed by atoms with Crippen molar-refractivity contribution in [3.63, 3.8) is 0 Å². The molecule has 28 heavy (non-hydrogen) atoms. The molecule has 2 bridgehead atoms. The minimum atomic E-state index is 0.611. The molecule has 2 aromatic rings. The summed E-state index contributed by atoms with van der Waals surface area (Å²) in [6, 6.07) is 6.12. The van der Waals surface area contributed by atoms with Gasteiger partial charge in [0.05, 0.1) is 29.9 Å². The highest BCUT2D eigenvalue weighted by molar-refractivity contribution is 6.00.